The van der Waals surface area contributed by atoms with Crippen molar-refractivity contribution in [3.05, 3.63) is 48.2 Å². The van der Waals surface area contributed by atoms with E-state index >= 15 is 0 Å². The molecule has 0 amide bonds. The Kier molecular flexibility index (Phi) is 4.61. The number of fused-ring (bicyclic) bond motifs is 3. The largest absolute Gasteiger partial charge is 0.416 e. The lowest BCUT2D eigenvalue weighted by Crippen LogP contribution is -2.39. The highest BCUT2D eigenvalue weighted by Crippen LogP contribution is 2.32. The number of pyridine rings is 1. The van der Waals surface area contributed by atoms with Crippen molar-refractivity contribution in [2.75, 3.05) is 31.1 Å². The third-order valence-corrected chi connectivity index (χ3v) is 5.45. The molecule has 3 heterocycles. The lowest BCUT2D eigenvalue weighted by Gasteiger charge is -2.32. The number of hydrogen-bond donors (Lipinski definition) is 0. The summed E-state index contributed by atoms with van der Waals surface area (Å²) >= 11 is 0. The summed E-state index contributed by atoms with van der Waals surface area (Å²) in [5.41, 5.74) is 0.618. The number of halogens is 3. The van der Waals surface area contributed by atoms with Gasteiger partial charge in [-0.2, -0.15) is 13.2 Å². The maximum atomic E-state index is 12.9. The quantitative estimate of drug-likeness (QED) is 0.788. The zero-order chi connectivity index (χ0) is 18.1. The lowest BCUT2D eigenvalue weighted by atomic mass is 10.0. The van der Waals surface area contributed by atoms with Crippen molar-refractivity contribution in [1.29, 1.82) is 0 Å². The molecule has 1 aromatic carbocycles. The van der Waals surface area contributed by atoms with Crippen LogP contribution in [0.2, 0.25) is 0 Å². The normalized spacial score (nSPS) is 23.6. The summed E-state index contributed by atoms with van der Waals surface area (Å²) < 4.78 is 38.8. The molecule has 2 saturated heterocycles. The van der Waals surface area contributed by atoms with E-state index < -0.39 is 11.7 Å². The number of alkyl halides is 3. The smallest absolute Gasteiger partial charge is 0.352 e. The molecule has 0 aliphatic carbocycles. The van der Waals surface area contributed by atoms with E-state index in [4.69, 9.17) is 0 Å². The molecule has 0 spiro atoms. The molecule has 1 aromatic heterocycles. The highest BCUT2D eigenvalue weighted by molar-refractivity contribution is 5.65. The first kappa shape index (κ1) is 17.3. The number of anilines is 1. The van der Waals surface area contributed by atoms with Gasteiger partial charge in [0.05, 0.1) is 5.56 Å². The Morgan fingerprint density at radius 1 is 0.923 bits per heavy atom. The molecule has 0 N–H and O–H groups in total. The van der Waals surface area contributed by atoms with Crippen LogP contribution >= 0.6 is 0 Å². The van der Waals surface area contributed by atoms with Gasteiger partial charge in [0, 0.05) is 37.4 Å². The Hall–Kier alpha value is -2.08. The number of rotatable bonds is 2. The molecule has 0 saturated carbocycles. The minimum atomic E-state index is -4.33. The van der Waals surface area contributed by atoms with E-state index in [1.54, 1.807) is 12.3 Å². The first-order chi connectivity index (χ1) is 12.5. The molecule has 2 fully saturated rings. The molecule has 2 aliphatic heterocycles. The van der Waals surface area contributed by atoms with Crippen LogP contribution in [0.5, 0.6) is 0 Å². The summed E-state index contributed by atoms with van der Waals surface area (Å²) in [6, 6.07) is 9.74. The molecule has 2 bridgehead atoms. The molecule has 4 rings (SSSR count). The molecular formula is C20H22F3N3. The summed E-state index contributed by atoms with van der Waals surface area (Å²) in [5.74, 6) is 0.925. The summed E-state index contributed by atoms with van der Waals surface area (Å²) in [5, 5.41) is 0. The van der Waals surface area contributed by atoms with E-state index in [0.717, 1.165) is 37.9 Å². The van der Waals surface area contributed by atoms with Crippen molar-refractivity contribution in [3.63, 3.8) is 0 Å². The van der Waals surface area contributed by atoms with Gasteiger partial charge < -0.3 is 9.80 Å². The van der Waals surface area contributed by atoms with E-state index in [2.05, 4.69) is 14.8 Å². The van der Waals surface area contributed by atoms with E-state index in [1.807, 2.05) is 12.1 Å². The second kappa shape index (κ2) is 6.91. The van der Waals surface area contributed by atoms with Crippen LogP contribution in [-0.2, 0) is 6.18 Å². The zero-order valence-electron chi connectivity index (χ0n) is 14.5. The Balaban J connectivity index is 1.57. The monoisotopic (exact) mass is 361 g/mol. The van der Waals surface area contributed by atoms with E-state index in [1.165, 1.54) is 31.5 Å². The topological polar surface area (TPSA) is 19.4 Å². The average molecular weight is 361 g/mol. The third-order valence-electron chi connectivity index (χ3n) is 5.45. The van der Waals surface area contributed by atoms with Crippen LogP contribution in [0.15, 0.2) is 42.6 Å². The molecular weight excluding hydrogens is 339 g/mol. The zero-order valence-corrected chi connectivity index (χ0v) is 14.5. The Bertz CT molecular complexity index is 758. The number of benzene rings is 1. The van der Waals surface area contributed by atoms with Crippen LogP contribution in [-0.4, -0.2) is 42.1 Å². The molecule has 2 atom stereocenters. The van der Waals surface area contributed by atoms with Gasteiger partial charge in [0.15, 0.2) is 0 Å². The molecule has 138 valence electrons. The molecule has 0 radical (unpaired) electrons. The van der Waals surface area contributed by atoms with Crippen LogP contribution < -0.4 is 4.90 Å². The standard InChI is InChI=1S/C20H22F3N3/c21-20(22,23)17-4-1-3-15(13-17)16-6-7-19(24-14-16)26-12-11-25-9-2-5-18(26)8-10-25/h1,3-4,6-7,13-14,18H,2,5,8-12H2. The SMILES string of the molecule is FC(F)(F)c1cccc(-c2ccc(N3CCN4CCCC3CC4)nc2)c1. The second-order valence-electron chi connectivity index (χ2n) is 7.10. The first-order valence-corrected chi connectivity index (χ1v) is 9.13. The van der Waals surface area contributed by atoms with Crippen molar-refractivity contribution in [1.82, 2.24) is 9.88 Å². The fourth-order valence-corrected chi connectivity index (χ4v) is 4.01. The van der Waals surface area contributed by atoms with Crippen LogP contribution in [0.1, 0.15) is 24.8 Å². The van der Waals surface area contributed by atoms with Gasteiger partial charge in [-0.15, -0.1) is 0 Å². The predicted molar refractivity (Wildman–Crippen MR) is 96.1 cm³/mol. The molecule has 2 unspecified atom stereocenters. The maximum absolute atomic E-state index is 12.9. The predicted octanol–water partition coefficient (Wildman–Crippen LogP) is 4.44. The minimum Gasteiger partial charge on any atom is -0.352 e. The number of aromatic nitrogens is 1. The lowest BCUT2D eigenvalue weighted by molar-refractivity contribution is -0.137. The van der Waals surface area contributed by atoms with Gasteiger partial charge in [-0.05, 0) is 55.6 Å². The third kappa shape index (κ3) is 3.56. The van der Waals surface area contributed by atoms with E-state index in [9.17, 15) is 13.2 Å². The van der Waals surface area contributed by atoms with Crippen molar-refractivity contribution in [2.24, 2.45) is 0 Å². The highest BCUT2D eigenvalue weighted by atomic mass is 19.4. The van der Waals surface area contributed by atoms with Gasteiger partial charge in [-0.1, -0.05) is 12.1 Å². The van der Waals surface area contributed by atoms with Crippen molar-refractivity contribution >= 4 is 5.82 Å². The van der Waals surface area contributed by atoms with Gasteiger partial charge in [-0.25, -0.2) is 4.98 Å². The molecule has 2 aliphatic rings. The maximum Gasteiger partial charge on any atom is 0.416 e. The van der Waals surface area contributed by atoms with Gasteiger partial charge in [0.1, 0.15) is 5.82 Å². The molecule has 2 aromatic rings. The minimum absolute atomic E-state index is 0.509. The summed E-state index contributed by atoms with van der Waals surface area (Å²) in [6.07, 6.45) is 0.896. The number of nitrogens with zero attached hydrogens (tertiary/aromatic N) is 3. The second-order valence-corrected chi connectivity index (χ2v) is 7.10. The van der Waals surface area contributed by atoms with Crippen LogP contribution in [0, 0.1) is 0 Å². The summed E-state index contributed by atoms with van der Waals surface area (Å²) in [7, 11) is 0. The first-order valence-electron chi connectivity index (χ1n) is 9.13. The fourth-order valence-electron chi connectivity index (χ4n) is 4.01. The van der Waals surface area contributed by atoms with Crippen molar-refractivity contribution < 1.29 is 13.2 Å². The fraction of sp³-hybridized carbons (Fsp3) is 0.450. The highest BCUT2D eigenvalue weighted by Gasteiger charge is 2.30. The Labute approximate surface area is 151 Å². The van der Waals surface area contributed by atoms with Gasteiger partial charge in [-0.3, -0.25) is 0 Å². The van der Waals surface area contributed by atoms with E-state index in [0.29, 0.717) is 17.2 Å². The van der Waals surface area contributed by atoms with E-state index in [-0.39, 0.29) is 0 Å². The summed E-state index contributed by atoms with van der Waals surface area (Å²) in [4.78, 5) is 9.47. The Morgan fingerprint density at radius 2 is 1.81 bits per heavy atom. The van der Waals surface area contributed by atoms with Crippen molar-refractivity contribution in [3.8, 4) is 11.1 Å². The average Bonchev–Trinajstić information content (AvgIpc) is 2.97. The molecule has 3 nitrogen and oxygen atoms in total. The number of hydrogen-bond acceptors (Lipinski definition) is 3. The van der Waals surface area contributed by atoms with Crippen LogP contribution in [0.3, 0.4) is 0 Å². The molecule has 26 heavy (non-hydrogen) atoms. The van der Waals surface area contributed by atoms with Gasteiger partial charge in [0.2, 0.25) is 0 Å². The Morgan fingerprint density at radius 3 is 2.58 bits per heavy atom. The van der Waals surface area contributed by atoms with Gasteiger partial charge in [0.25, 0.3) is 0 Å². The summed E-state index contributed by atoms with van der Waals surface area (Å²) in [6.45, 7) is 4.34. The van der Waals surface area contributed by atoms with Crippen LogP contribution in [0.25, 0.3) is 11.1 Å². The molecule has 6 heteroatoms. The van der Waals surface area contributed by atoms with Crippen LogP contribution in [0.4, 0.5) is 19.0 Å². The van der Waals surface area contributed by atoms with Crippen molar-refractivity contribution in [2.45, 2.75) is 31.5 Å². The van der Waals surface area contributed by atoms with Gasteiger partial charge >= 0.3 is 6.18 Å².